The standard InChI is InChI=1S/C16H30N2O/c1-13(2)18-10-11-19-15(12-18)16(17)14-8-6-4-3-5-7-9-14/h8,13,15-16H,3-7,9-12,17H2,1-2H3. The highest BCUT2D eigenvalue weighted by molar-refractivity contribution is 5.14. The molecule has 0 aromatic heterocycles. The molecule has 1 fully saturated rings. The Labute approximate surface area is 118 Å². The smallest absolute Gasteiger partial charge is 0.0891 e. The van der Waals surface area contributed by atoms with E-state index in [-0.39, 0.29) is 12.1 Å². The van der Waals surface area contributed by atoms with Crippen LogP contribution in [0.5, 0.6) is 0 Å². The first-order valence-corrected chi connectivity index (χ1v) is 7.98. The molecule has 2 aliphatic rings. The molecule has 2 rings (SSSR count). The Hall–Kier alpha value is -0.380. The van der Waals surface area contributed by atoms with Crippen molar-refractivity contribution in [2.24, 2.45) is 5.73 Å². The molecule has 110 valence electrons. The fourth-order valence-electron chi connectivity index (χ4n) is 3.14. The number of nitrogens with zero attached hydrogens (tertiary/aromatic N) is 1. The van der Waals surface area contributed by atoms with Gasteiger partial charge in [0.2, 0.25) is 0 Å². The molecule has 2 unspecified atom stereocenters. The Morgan fingerprint density at radius 1 is 1.26 bits per heavy atom. The second-order valence-corrected chi connectivity index (χ2v) is 6.26. The fraction of sp³-hybridized carbons (Fsp3) is 0.875. The monoisotopic (exact) mass is 266 g/mol. The highest BCUT2D eigenvalue weighted by Crippen LogP contribution is 2.23. The molecular weight excluding hydrogens is 236 g/mol. The summed E-state index contributed by atoms with van der Waals surface area (Å²) >= 11 is 0. The van der Waals surface area contributed by atoms with E-state index in [1.54, 1.807) is 0 Å². The van der Waals surface area contributed by atoms with Gasteiger partial charge in [0, 0.05) is 19.1 Å². The minimum Gasteiger partial charge on any atom is -0.374 e. The van der Waals surface area contributed by atoms with Crippen molar-refractivity contribution in [3.8, 4) is 0 Å². The van der Waals surface area contributed by atoms with Gasteiger partial charge < -0.3 is 10.5 Å². The van der Waals surface area contributed by atoms with Gasteiger partial charge in [-0.2, -0.15) is 0 Å². The Kier molecular flexibility index (Phi) is 5.86. The van der Waals surface area contributed by atoms with Crippen LogP contribution in [0.2, 0.25) is 0 Å². The first kappa shape index (κ1) is 15.0. The lowest BCUT2D eigenvalue weighted by Gasteiger charge is -2.38. The van der Waals surface area contributed by atoms with Crippen LogP contribution in [0.4, 0.5) is 0 Å². The highest BCUT2D eigenvalue weighted by Gasteiger charge is 2.28. The number of hydrogen-bond donors (Lipinski definition) is 1. The Morgan fingerprint density at radius 3 is 2.84 bits per heavy atom. The Bertz CT molecular complexity index is 301. The number of hydrogen-bond acceptors (Lipinski definition) is 3. The molecule has 19 heavy (non-hydrogen) atoms. The Morgan fingerprint density at radius 2 is 2.05 bits per heavy atom. The fourth-order valence-corrected chi connectivity index (χ4v) is 3.14. The van der Waals surface area contributed by atoms with Gasteiger partial charge in [0.1, 0.15) is 0 Å². The van der Waals surface area contributed by atoms with Gasteiger partial charge >= 0.3 is 0 Å². The molecule has 3 nitrogen and oxygen atoms in total. The van der Waals surface area contributed by atoms with E-state index in [0.717, 1.165) is 19.7 Å². The van der Waals surface area contributed by atoms with Gasteiger partial charge in [-0.15, -0.1) is 0 Å². The summed E-state index contributed by atoms with van der Waals surface area (Å²) in [6, 6.07) is 0.685. The Balaban J connectivity index is 1.95. The molecule has 0 saturated carbocycles. The summed E-state index contributed by atoms with van der Waals surface area (Å²) in [5.74, 6) is 0. The van der Waals surface area contributed by atoms with Crippen LogP contribution < -0.4 is 5.73 Å². The van der Waals surface area contributed by atoms with E-state index in [4.69, 9.17) is 10.5 Å². The summed E-state index contributed by atoms with van der Waals surface area (Å²) in [7, 11) is 0. The predicted octanol–water partition coefficient (Wildman–Crippen LogP) is 2.70. The van der Waals surface area contributed by atoms with E-state index in [9.17, 15) is 0 Å². The van der Waals surface area contributed by atoms with E-state index in [2.05, 4.69) is 24.8 Å². The van der Waals surface area contributed by atoms with Crippen molar-refractivity contribution in [3.63, 3.8) is 0 Å². The largest absolute Gasteiger partial charge is 0.374 e. The van der Waals surface area contributed by atoms with Gasteiger partial charge in [-0.3, -0.25) is 4.90 Å². The van der Waals surface area contributed by atoms with Crippen molar-refractivity contribution in [1.29, 1.82) is 0 Å². The lowest BCUT2D eigenvalue weighted by atomic mass is 9.92. The average Bonchev–Trinajstić information content (AvgIpc) is 2.38. The molecule has 0 radical (unpaired) electrons. The maximum absolute atomic E-state index is 6.49. The van der Waals surface area contributed by atoms with Gasteiger partial charge in [-0.25, -0.2) is 0 Å². The molecular formula is C16H30N2O. The van der Waals surface area contributed by atoms with Gasteiger partial charge in [0.05, 0.1) is 18.8 Å². The van der Waals surface area contributed by atoms with Crippen LogP contribution >= 0.6 is 0 Å². The molecule has 1 aliphatic heterocycles. The zero-order valence-corrected chi connectivity index (χ0v) is 12.6. The lowest BCUT2D eigenvalue weighted by Crippen LogP contribution is -2.53. The zero-order valence-electron chi connectivity index (χ0n) is 12.6. The van der Waals surface area contributed by atoms with Crippen LogP contribution in [0.3, 0.4) is 0 Å². The lowest BCUT2D eigenvalue weighted by molar-refractivity contribution is -0.0451. The molecule has 3 heteroatoms. The first-order valence-electron chi connectivity index (χ1n) is 7.98. The van der Waals surface area contributed by atoms with E-state index < -0.39 is 0 Å². The molecule has 2 atom stereocenters. The van der Waals surface area contributed by atoms with Crippen molar-refractivity contribution in [2.75, 3.05) is 19.7 Å². The molecule has 0 bridgehead atoms. The second kappa shape index (κ2) is 7.41. The molecule has 1 saturated heterocycles. The quantitative estimate of drug-likeness (QED) is 0.798. The summed E-state index contributed by atoms with van der Waals surface area (Å²) in [5, 5.41) is 0. The van der Waals surface area contributed by atoms with Gasteiger partial charge in [-0.1, -0.05) is 24.5 Å². The van der Waals surface area contributed by atoms with Crippen LogP contribution in [0.1, 0.15) is 52.4 Å². The third-order valence-corrected chi connectivity index (χ3v) is 4.51. The number of allylic oxidation sites excluding steroid dienone is 1. The molecule has 0 amide bonds. The van der Waals surface area contributed by atoms with Crippen LogP contribution in [0.25, 0.3) is 0 Å². The summed E-state index contributed by atoms with van der Waals surface area (Å²) in [6.45, 7) is 7.35. The topological polar surface area (TPSA) is 38.5 Å². The number of ether oxygens (including phenoxy) is 1. The van der Waals surface area contributed by atoms with Crippen LogP contribution in [0, 0.1) is 0 Å². The third-order valence-electron chi connectivity index (χ3n) is 4.51. The van der Waals surface area contributed by atoms with Crippen molar-refractivity contribution in [1.82, 2.24) is 4.90 Å². The summed E-state index contributed by atoms with van der Waals surface area (Å²) in [6.07, 6.45) is 10.3. The molecule has 0 aromatic rings. The van der Waals surface area contributed by atoms with E-state index in [1.807, 2.05) is 0 Å². The minimum absolute atomic E-state index is 0.0969. The maximum Gasteiger partial charge on any atom is 0.0891 e. The van der Waals surface area contributed by atoms with Gasteiger partial charge in [0.15, 0.2) is 0 Å². The molecule has 0 spiro atoms. The predicted molar refractivity (Wildman–Crippen MR) is 80.2 cm³/mol. The number of morpholine rings is 1. The maximum atomic E-state index is 6.49. The second-order valence-electron chi connectivity index (χ2n) is 6.26. The molecule has 2 N–H and O–H groups in total. The third kappa shape index (κ3) is 4.30. The van der Waals surface area contributed by atoms with Crippen molar-refractivity contribution in [2.45, 2.75) is 70.6 Å². The highest BCUT2D eigenvalue weighted by atomic mass is 16.5. The van der Waals surface area contributed by atoms with E-state index >= 15 is 0 Å². The summed E-state index contributed by atoms with van der Waals surface area (Å²) in [5.41, 5.74) is 7.93. The minimum atomic E-state index is 0.0969. The molecule has 1 heterocycles. The van der Waals surface area contributed by atoms with Crippen LogP contribution in [-0.4, -0.2) is 42.8 Å². The van der Waals surface area contributed by atoms with E-state index in [0.29, 0.717) is 6.04 Å². The zero-order chi connectivity index (χ0) is 13.7. The summed E-state index contributed by atoms with van der Waals surface area (Å²) < 4.78 is 5.94. The molecule has 1 aliphatic carbocycles. The average molecular weight is 266 g/mol. The number of rotatable bonds is 3. The SMILES string of the molecule is CC(C)N1CCOC(C(N)C2=CCCCCCC2)C1. The van der Waals surface area contributed by atoms with Crippen molar-refractivity contribution in [3.05, 3.63) is 11.6 Å². The number of nitrogens with two attached hydrogens (primary N) is 1. The summed E-state index contributed by atoms with van der Waals surface area (Å²) in [4.78, 5) is 2.48. The molecule has 0 aromatic carbocycles. The van der Waals surface area contributed by atoms with Crippen LogP contribution in [0.15, 0.2) is 11.6 Å². The van der Waals surface area contributed by atoms with E-state index in [1.165, 1.54) is 44.1 Å². The van der Waals surface area contributed by atoms with Crippen LogP contribution in [-0.2, 0) is 4.74 Å². The normalized spacial score (nSPS) is 28.6. The van der Waals surface area contributed by atoms with Crippen molar-refractivity contribution >= 4 is 0 Å². The first-order chi connectivity index (χ1) is 9.18. The van der Waals surface area contributed by atoms with Gasteiger partial charge in [-0.05, 0) is 39.5 Å². The van der Waals surface area contributed by atoms with Gasteiger partial charge in [0.25, 0.3) is 0 Å². The van der Waals surface area contributed by atoms with Crippen molar-refractivity contribution < 1.29 is 4.74 Å².